The van der Waals surface area contributed by atoms with Crippen LogP contribution in [0.15, 0.2) is 22.9 Å². The molecule has 0 bridgehead atoms. The molecule has 1 aromatic heterocycles. The van der Waals surface area contributed by atoms with E-state index in [-0.39, 0.29) is 5.91 Å². The Morgan fingerprint density at radius 1 is 1.53 bits per heavy atom. The summed E-state index contributed by atoms with van der Waals surface area (Å²) >= 11 is 3.35. The van der Waals surface area contributed by atoms with Crippen LogP contribution < -0.4 is 0 Å². The quantitative estimate of drug-likeness (QED) is 0.843. The van der Waals surface area contributed by atoms with Crippen molar-refractivity contribution >= 4 is 21.8 Å². The number of hydrogen-bond donors (Lipinski definition) is 0. The molecule has 0 atom stereocenters. The third-order valence-electron chi connectivity index (χ3n) is 2.07. The van der Waals surface area contributed by atoms with Crippen molar-refractivity contribution in [3.63, 3.8) is 0 Å². The average Bonchev–Trinajstić information content (AvgIpc) is 2.18. The van der Waals surface area contributed by atoms with Gasteiger partial charge in [0, 0.05) is 36.9 Å². The Morgan fingerprint density at radius 3 is 2.87 bits per heavy atom. The van der Waals surface area contributed by atoms with Gasteiger partial charge in [0.15, 0.2) is 0 Å². The van der Waals surface area contributed by atoms with Crippen molar-refractivity contribution in [3.05, 3.63) is 28.5 Å². The molecular formula is C11H15BrN2O. The van der Waals surface area contributed by atoms with Crippen molar-refractivity contribution in [2.45, 2.75) is 26.3 Å². The van der Waals surface area contributed by atoms with Crippen LogP contribution in [0.3, 0.4) is 0 Å². The molecule has 0 aliphatic carbocycles. The van der Waals surface area contributed by atoms with Crippen molar-refractivity contribution in [2.75, 3.05) is 7.05 Å². The van der Waals surface area contributed by atoms with Gasteiger partial charge in [-0.2, -0.15) is 0 Å². The molecule has 0 aromatic carbocycles. The number of carbonyl (C=O) groups is 1. The standard InChI is InChI=1S/C11H15BrN2O/c1-3-4-11(15)14(2)8-9-5-10(12)7-13-6-9/h5-7H,3-4,8H2,1-2H3. The summed E-state index contributed by atoms with van der Waals surface area (Å²) in [5.74, 6) is 0.178. The molecule has 0 aliphatic heterocycles. The van der Waals surface area contributed by atoms with Crippen molar-refractivity contribution in [2.24, 2.45) is 0 Å². The van der Waals surface area contributed by atoms with E-state index in [1.54, 1.807) is 17.3 Å². The molecule has 0 fully saturated rings. The van der Waals surface area contributed by atoms with Gasteiger partial charge in [0.25, 0.3) is 0 Å². The van der Waals surface area contributed by atoms with Crippen LogP contribution in [0, 0.1) is 0 Å². The molecule has 0 aliphatic rings. The van der Waals surface area contributed by atoms with E-state index < -0.39 is 0 Å². The van der Waals surface area contributed by atoms with Crippen molar-refractivity contribution in [1.82, 2.24) is 9.88 Å². The second-order valence-electron chi connectivity index (χ2n) is 3.51. The van der Waals surface area contributed by atoms with Crippen molar-refractivity contribution in [3.8, 4) is 0 Å². The molecule has 0 N–H and O–H groups in total. The van der Waals surface area contributed by atoms with Crippen LogP contribution in [0.2, 0.25) is 0 Å². The molecule has 0 saturated heterocycles. The molecule has 0 radical (unpaired) electrons. The molecule has 1 amide bonds. The van der Waals surface area contributed by atoms with Crippen LogP contribution in [0.5, 0.6) is 0 Å². The van der Waals surface area contributed by atoms with Gasteiger partial charge in [-0.15, -0.1) is 0 Å². The zero-order chi connectivity index (χ0) is 11.3. The van der Waals surface area contributed by atoms with Crippen LogP contribution in [-0.2, 0) is 11.3 Å². The highest BCUT2D eigenvalue weighted by atomic mass is 79.9. The van der Waals surface area contributed by atoms with Gasteiger partial charge in [-0.25, -0.2) is 0 Å². The summed E-state index contributed by atoms with van der Waals surface area (Å²) < 4.78 is 0.941. The van der Waals surface area contributed by atoms with Crippen LogP contribution in [-0.4, -0.2) is 22.8 Å². The minimum Gasteiger partial charge on any atom is -0.341 e. The number of aromatic nitrogens is 1. The number of hydrogen-bond acceptors (Lipinski definition) is 2. The van der Waals surface area contributed by atoms with E-state index in [2.05, 4.69) is 20.9 Å². The normalized spacial score (nSPS) is 10.1. The van der Waals surface area contributed by atoms with E-state index in [1.807, 2.05) is 20.0 Å². The van der Waals surface area contributed by atoms with Crippen molar-refractivity contribution < 1.29 is 4.79 Å². The summed E-state index contributed by atoms with van der Waals surface area (Å²) in [5, 5.41) is 0. The zero-order valence-electron chi connectivity index (χ0n) is 9.03. The molecule has 0 spiro atoms. The molecular weight excluding hydrogens is 256 g/mol. The van der Waals surface area contributed by atoms with E-state index >= 15 is 0 Å². The minimum atomic E-state index is 0.178. The van der Waals surface area contributed by atoms with Gasteiger partial charge in [0.1, 0.15) is 0 Å². The lowest BCUT2D eigenvalue weighted by atomic mass is 10.2. The Kier molecular flexibility index (Phi) is 4.75. The molecule has 3 nitrogen and oxygen atoms in total. The van der Waals surface area contributed by atoms with Gasteiger partial charge >= 0.3 is 0 Å². The van der Waals surface area contributed by atoms with Gasteiger partial charge in [-0.3, -0.25) is 9.78 Å². The Labute approximate surface area is 98.6 Å². The predicted octanol–water partition coefficient (Wildman–Crippen LogP) is 2.60. The number of carbonyl (C=O) groups excluding carboxylic acids is 1. The van der Waals surface area contributed by atoms with Crippen LogP contribution in [0.1, 0.15) is 25.3 Å². The first-order valence-electron chi connectivity index (χ1n) is 4.97. The molecule has 1 aromatic rings. The molecule has 0 unspecified atom stereocenters. The topological polar surface area (TPSA) is 33.2 Å². The highest BCUT2D eigenvalue weighted by Crippen LogP contribution is 2.11. The summed E-state index contributed by atoms with van der Waals surface area (Å²) in [6.45, 7) is 2.62. The lowest BCUT2D eigenvalue weighted by Gasteiger charge is -2.16. The fourth-order valence-electron chi connectivity index (χ4n) is 1.31. The fourth-order valence-corrected chi connectivity index (χ4v) is 1.72. The van der Waals surface area contributed by atoms with Gasteiger partial charge in [-0.1, -0.05) is 6.92 Å². The molecule has 15 heavy (non-hydrogen) atoms. The Bertz CT molecular complexity index is 341. The highest BCUT2D eigenvalue weighted by Gasteiger charge is 2.07. The fraction of sp³-hybridized carbons (Fsp3) is 0.455. The summed E-state index contributed by atoms with van der Waals surface area (Å²) in [7, 11) is 1.82. The Morgan fingerprint density at radius 2 is 2.27 bits per heavy atom. The van der Waals surface area contributed by atoms with E-state index in [0.29, 0.717) is 13.0 Å². The molecule has 82 valence electrons. The monoisotopic (exact) mass is 270 g/mol. The molecule has 1 rings (SSSR count). The van der Waals surface area contributed by atoms with Gasteiger partial charge in [-0.05, 0) is 34.0 Å². The predicted molar refractivity (Wildman–Crippen MR) is 63.3 cm³/mol. The zero-order valence-corrected chi connectivity index (χ0v) is 10.6. The second-order valence-corrected chi connectivity index (χ2v) is 4.43. The van der Waals surface area contributed by atoms with E-state index in [0.717, 1.165) is 16.5 Å². The lowest BCUT2D eigenvalue weighted by Crippen LogP contribution is -2.25. The lowest BCUT2D eigenvalue weighted by molar-refractivity contribution is -0.130. The van der Waals surface area contributed by atoms with E-state index in [4.69, 9.17) is 0 Å². The highest BCUT2D eigenvalue weighted by molar-refractivity contribution is 9.10. The molecule has 0 saturated carbocycles. The van der Waals surface area contributed by atoms with Gasteiger partial charge < -0.3 is 4.90 Å². The first-order chi connectivity index (χ1) is 7.13. The molecule has 4 heteroatoms. The third-order valence-corrected chi connectivity index (χ3v) is 2.50. The first-order valence-corrected chi connectivity index (χ1v) is 5.76. The van der Waals surface area contributed by atoms with E-state index in [1.165, 1.54) is 0 Å². The number of pyridine rings is 1. The number of rotatable bonds is 4. The maximum atomic E-state index is 11.5. The first kappa shape index (κ1) is 12.2. The summed E-state index contributed by atoms with van der Waals surface area (Å²) in [5.41, 5.74) is 1.04. The summed E-state index contributed by atoms with van der Waals surface area (Å²) in [4.78, 5) is 17.3. The average molecular weight is 271 g/mol. The Balaban J connectivity index is 2.58. The number of nitrogens with zero attached hydrogens (tertiary/aromatic N) is 2. The smallest absolute Gasteiger partial charge is 0.222 e. The number of amides is 1. The van der Waals surface area contributed by atoms with Gasteiger partial charge in [0.2, 0.25) is 5.91 Å². The van der Waals surface area contributed by atoms with Crippen LogP contribution in [0.4, 0.5) is 0 Å². The minimum absolute atomic E-state index is 0.178. The second kappa shape index (κ2) is 5.85. The number of halogens is 1. The SMILES string of the molecule is CCCC(=O)N(C)Cc1cncc(Br)c1. The van der Waals surface area contributed by atoms with Crippen molar-refractivity contribution in [1.29, 1.82) is 0 Å². The largest absolute Gasteiger partial charge is 0.341 e. The Hall–Kier alpha value is -0.900. The van der Waals surface area contributed by atoms with E-state index in [9.17, 15) is 4.79 Å². The molecule has 1 heterocycles. The maximum Gasteiger partial charge on any atom is 0.222 e. The third kappa shape index (κ3) is 4.00. The van der Waals surface area contributed by atoms with Crippen LogP contribution in [0.25, 0.3) is 0 Å². The van der Waals surface area contributed by atoms with Gasteiger partial charge in [0.05, 0.1) is 0 Å². The summed E-state index contributed by atoms with van der Waals surface area (Å²) in [6, 6.07) is 1.97. The van der Waals surface area contributed by atoms with Crippen LogP contribution >= 0.6 is 15.9 Å². The summed E-state index contributed by atoms with van der Waals surface area (Å²) in [6.07, 6.45) is 5.01. The maximum absolute atomic E-state index is 11.5.